The SMILES string of the molecule is CCOC(=O)[C@H](C)NP(=O)(OC[C@H]1OC(n2ccc(N)nc2=O)[C@](C)(O)[C@@H]1O)Oc1ccc(Cl)cc1. The summed E-state index contributed by atoms with van der Waals surface area (Å²) in [5.74, 6) is -0.614. The van der Waals surface area contributed by atoms with E-state index in [1.807, 2.05) is 0 Å². The number of esters is 1. The van der Waals surface area contributed by atoms with Crippen LogP contribution in [-0.2, 0) is 23.4 Å². The van der Waals surface area contributed by atoms with Gasteiger partial charge in [-0.1, -0.05) is 11.6 Å². The first-order valence-electron chi connectivity index (χ1n) is 10.9. The number of carbonyl (C=O) groups excluding carboxylic acids is 1. The number of nitrogens with one attached hydrogen (secondary N) is 1. The van der Waals surface area contributed by atoms with Gasteiger partial charge in [-0.3, -0.25) is 13.9 Å². The standard InChI is InChI=1S/C21H28ClN4O9P/c1-4-32-18(28)12(2)25-36(31,35-14-7-5-13(22)6-8-14)33-11-15-17(27)21(3,30)19(34-15)26-10-9-16(23)24-20(26)29/h5-10,12,15,17,19,27,30H,4,11H2,1-3H3,(H,25,31)(H2,23,24,29)/t12-,15+,17+,19?,21+,36?/m0/s1. The van der Waals surface area contributed by atoms with Crippen LogP contribution in [0.5, 0.6) is 5.75 Å². The molecular weight excluding hydrogens is 519 g/mol. The van der Waals surface area contributed by atoms with Gasteiger partial charge in [0.15, 0.2) is 6.23 Å². The number of nitrogens with zero attached hydrogens (tertiary/aromatic N) is 2. The number of nitrogen functional groups attached to an aromatic ring is 1. The number of aromatic nitrogens is 2. The first-order chi connectivity index (χ1) is 16.9. The number of carbonyl (C=O) groups is 1. The molecule has 0 radical (unpaired) electrons. The van der Waals surface area contributed by atoms with Crippen molar-refractivity contribution in [3.63, 3.8) is 0 Å². The summed E-state index contributed by atoms with van der Waals surface area (Å²) in [5, 5.41) is 24.5. The Labute approximate surface area is 211 Å². The quantitative estimate of drug-likeness (QED) is 0.247. The number of hydrogen-bond donors (Lipinski definition) is 4. The molecule has 2 heterocycles. The molecule has 0 saturated carbocycles. The van der Waals surface area contributed by atoms with E-state index in [9.17, 15) is 24.4 Å². The van der Waals surface area contributed by atoms with Crippen molar-refractivity contribution in [1.82, 2.24) is 14.6 Å². The molecule has 1 aliphatic rings. The van der Waals surface area contributed by atoms with Crippen LogP contribution in [0.1, 0.15) is 27.0 Å². The molecule has 1 saturated heterocycles. The molecule has 6 atom stereocenters. The lowest BCUT2D eigenvalue weighted by Gasteiger charge is -2.27. The van der Waals surface area contributed by atoms with Crippen LogP contribution in [0, 0.1) is 0 Å². The third kappa shape index (κ3) is 6.43. The summed E-state index contributed by atoms with van der Waals surface area (Å²) in [6.07, 6.45) is -2.92. The van der Waals surface area contributed by atoms with Gasteiger partial charge in [0, 0.05) is 11.2 Å². The van der Waals surface area contributed by atoms with E-state index >= 15 is 0 Å². The maximum absolute atomic E-state index is 13.6. The topological polar surface area (TPSA) is 184 Å². The molecule has 2 unspecified atom stereocenters. The smallest absolute Gasteiger partial charge is 0.459 e. The van der Waals surface area contributed by atoms with Crippen LogP contribution in [-0.4, -0.2) is 62.8 Å². The maximum atomic E-state index is 13.6. The molecule has 1 aromatic carbocycles. The number of halogens is 1. The first kappa shape index (κ1) is 28.1. The number of rotatable bonds is 10. The Morgan fingerprint density at radius 1 is 1.39 bits per heavy atom. The summed E-state index contributed by atoms with van der Waals surface area (Å²) in [6, 6.07) is 6.12. The Kier molecular flexibility index (Phi) is 8.78. The normalized spacial score (nSPS) is 26.2. The number of aliphatic hydroxyl groups is 2. The lowest BCUT2D eigenvalue weighted by molar-refractivity contribution is -0.144. The van der Waals surface area contributed by atoms with Gasteiger partial charge in [-0.05, 0) is 51.1 Å². The van der Waals surface area contributed by atoms with Crippen molar-refractivity contribution in [3.8, 4) is 5.75 Å². The van der Waals surface area contributed by atoms with E-state index in [1.165, 1.54) is 50.4 Å². The second kappa shape index (κ2) is 11.3. The molecular formula is C21H28ClN4O9P. The van der Waals surface area contributed by atoms with E-state index in [2.05, 4.69) is 10.1 Å². The molecule has 0 amide bonds. The molecule has 0 bridgehead atoms. The van der Waals surface area contributed by atoms with Crippen LogP contribution in [0.3, 0.4) is 0 Å². The number of anilines is 1. The maximum Gasteiger partial charge on any atom is 0.459 e. The average molecular weight is 547 g/mol. The molecule has 15 heteroatoms. The largest absolute Gasteiger partial charge is 0.465 e. The van der Waals surface area contributed by atoms with Crippen LogP contribution in [0.4, 0.5) is 5.82 Å². The third-order valence-electron chi connectivity index (χ3n) is 5.30. The van der Waals surface area contributed by atoms with Crippen molar-refractivity contribution in [2.45, 2.75) is 50.8 Å². The number of aliphatic hydroxyl groups excluding tert-OH is 1. The second-order valence-electron chi connectivity index (χ2n) is 8.18. The highest BCUT2D eigenvalue weighted by atomic mass is 35.5. The number of benzene rings is 1. The molecule has 0 spiro atoms. The van der Waals surface area contributed by atoms with E-state index in [-0.39, 0.29) is 18.2 Å². The van der Waals surface area contributed by atoms with Crippen LogP contribution >= 0.6 is 19.3 Å². The highest BCUT2D eigenvalue weighted by Crippen LogP contribution is 2.47. The van der Waals surface area contributed by atoms with E-state index in [0.717, 1.165) is 4.57 Å². The Balaban J connectivity index is 1.80. The minimum absolute atomic E-state index is 0.0311. The van der Waals surface area contributed by atoms with Gasteiger partial charge in [0.05, 0.1) is 13.2 Å². The Bertz CT molecular complexity index is 1180. The highest BCUT2D eigenvalue weighted by Gasteiger charge is 2.54. The van der Waals surface area contributed by atoms with E-state index in [1.54, 1.807) is 6.92 Å². The predicted molar refractivity (Wildman–Crippen MR) is 128 cm³/mol. The fraction of sp³-hybridized carbons (Fsp3) is 0.476. The second-order valence-corrected chi connectivity index (χ2v) is 10.3. The molecule has 3 rings (SSSR count). The number of hydrogen-bond acceptors (Lipinski definition) is 11. The third-order valence-corrected chi connectivity index (χ3v) is 7.19. The summed E-state index contributed by atoms with van der Waals surface area (Å²) < 4.78 is 36.2. The zero-order valence-electron chi connectivity index (χ0n) is 19.7. The number of nitrogens with two attached hydrogens (primary N) is 1. The van der Waals surface area contributed by atoms with E-state index in [4.69, 9.17) is 35.9 Å². The van der Waals surface area contributed by atoms with Gasteiger partial charge in [-0.2, -0.15) is 10.1 Å². The minimum Gasteiger partial charge on any atom is -0.465 e. The monoisotopic (exact) mass is 546 g/mol. The van der Waals surface area contributed by atoms with Crippen molar-refractivity contribution in [2.24, 2.45) is 0 Å². The lowest BCUT2D eigenvalue weighted by Crippen LogP contribution is -2.46. The lowest BCUT2D eigenvalue weighted by atomic mass is 9.96. The Morgan fingerprint density at radius 3 is 2.67 bits per heavy atom. The van der Waals surface area contributed by atoms with Gasteiger partial charge in [-0.25, -0.2) is 9.36 Å². The van der Waals surface area contributed by atoms with Gasteiger partial charge in [0.2, 0.25) is 0 Å². The van der Waals surface area contributed by atoms with E-state index in [0.29, 0.717) is 5.02 Å². The van der Waals surface area contributed by atoms with Crippen LogP contribution < -0.4 is 21.0 Å². The summed E-state index contributed by atoms with van der Waals surface area (Å²) >= 11 is 5.88. The molecule has 0 aliphatic carbocycles. The predicted octanol–water partition coefficient (Wildman–Crippen LogP) is 1.23. The highest BCUT2D eigenvalue weighted by molar-refractivity contribution is 7.52. The van der Waals surface area contributed by atoms with Gasteiger partial charge in [0.1, 0.15) is 35.4 Å². The molecule has 5 N–H and O–H groups in total. The molecule has 1 aromatic heterocycles. The van der Waals surface area contributed by atoms with Crippen molar-refractivity contribution < 1.29 is 38.1 Å². The Morgan fingerprint density at radius 2 is 2.06 bits per heavy atom. The van der Waals surface area contributed by atoms with Crippen LogP contribution in [0.25, 0.3) is 0 Å². The van der Waals surface area contributed by atoms with Gasteiger partial charge >= 0.3 is 19.4 Å². The van der Waals surface area contributed by atoms with Crippen LogP contribution in [0.2, 0.25) is 5.02 Å². The molecule has 36 heavy (non-hydrogen) atoms. The summed E-state index contributed by atoms with van der Waals surface area (Å²) in [5.41, 5.74) is 2.74. The fourth-order valence-corrected chi connectivity index (χ4v) is 5.06. The first-order valence-corrected chi connectivity index (χ1v) is 12.8. The molecule has 2 aromatic rings. The number of ether oxygens (including phenoxy) is 2. The summed E-state index contributed by atoms with van der Waals surface area (Å²) in [7, 11) is -4.28. The van der Waals surface area contributed by atoms with Gasteiger partial charge < -0.3 is 29.9 Å². The molecule has 13 nitrogen and oxygen atoms in total. The van der Waals surface area contributed by atoms with Crippen molar-refractivity contribution in [1.29, 1.82) is 0 Å². The summed E-state index contributed by atoms with van der Waals surface area (Å²) in [6.45, 7) is 3.83. The van der Waals surface area contributed by atoms with Crippen molar-refractivity contribution in [2.75, 3.05) is 18.9 Å². The van der Waals surface area contributed by atoms with Crippen molar-refractivity contribution in [3.05, 3.63) is 52.0 Å². The van der Waals surface area contributed by atoms with Crippen LogP contribution in [0.15, 0.2) is 41.3 Å². The molecule has 1 fully saturated rings. The molecule has 1 aliphatic heterocycles. The molecule has 198 valence electrons. The Hall–Kier alpha value is -2.51. The summed E-state index contributed by atoms with van der Waals surface area (Å²) in [4.78, 5) is 27.9. The van der Waals surface area contributed by atoms with Crippen molar-refractivity contribution >= 4 is 31.1 Å². The van der Waals surface area contributed by atoms with E-state index < -0.39 is 56.1 Å². The van der Waals surface area contributed by atoms with Gasteiger partial charge in [0.25, 0.3) is 0 Å². The fourth-order valence-electron chi connectivity index (χ4n) is 3.44. The average Bonchev–Trinajstić information content (AvgIpc) is 3.03. The zero-order valence-corrected chi connectivity index (χ0v) is 21.4. The minimum atomic E-state index is -4.28. The zero-order chi connectivity index (χ0) is 26.7. The van der Waals surface area contributed by atoms with Gasteiger partial charge in [-0.15, -0.1) is 0 Å².